The molecule has 2 aromatic rings. The van der Waals surface area contributed by atoms with Crippen LogP contribution < -0.4 is 10.1 Å². The molecule has 0 radical (unpaired) electrons. The largest absolute Gasteiger partial charge is 0.469 e. The normalized spacial score (nSPS) is 25.4. The smallest absolute Gasteiger partial charge is 0.308 e. The van der Waals surface area contributed by atoms with Crippen LogP contribution in [0.15, 0.2) is 59.7 Å². The Morgan fingerprint density at radius 3 is 2.71 bits per heavy atom. The standard InChI is InChI=1S/C30H36N2O6/c1-5-15-32-16-14-29(25-7-6-8-27(18-25)37-22(3)33)19-26(11-13-30(29,20-32)38-23(4)34)31-28(35)10-9-24-12-17-36-21(24)2/h5-10,12,17-18,26H,1,11,13-16,19-20H2,2-4H3,(H,31,35)/t26-,29-,30-/m0/s1. The molecule has 2 aliphatic rings. The zero-order chi connectivity index (χ0) is 27.3. The minimum absolute atomic E-state index is 0.135. The first kappa shape index (κ1) is 27.4. The molecular formula is C30H36N2O6. The van der Waals surface area contributed by atoms with Crippen molar-refractivity contribution in [1.82, 2.24) is 10.2 Å². The molecule has 1 saturated heterocycles. The maximum atomic E-state index is 12.9. The Hall–Kier alpha value is -3.65. The van der Waals surface area contributed by atoms with Crippen molar-refractivity contribution in [2.24, 2.45) is 0 Å². The van der Waals surface area contributed by atoms with Gasteiger partial charge in [-0.2, -0.15) is 0 Å². The highest BCUT2D eigenvalue weighted by molar-refractivity contribution is 5.92. The summed E-state index contributed by atoms with van der Waals surface area (Å²) in [4.78, 5) is 39.3. The number of likely N-dealkylation sites (tertiary alicyclic amines) is 1. The van der Waals surface area contributed by atoms with E-state index in [1.54, 1.807) is 18.4 Å². The number of carbonyl (C=O) groups excluding carboxylic acids is 3. The van der Waals surface area contributed by atoms with Crippen LogP contribution in [-0.2, 0) is 24.5 Å². The van der Waals surface area contributed by atoms with Gasteiger partial charge in [0.05, 0.1) is 6.26 Å². The number of nitrogens with one attached hydrogen (secondary N) is 1. The fraction of sp³-hybridized carbons (Fsp3) is 0.433. The van der Waals surface area contributed by atoms with Crippen molar-refractivity contribution in [1.29, 1.82) is 0 Å². The molecule has 1 aliphatic heterocycles. The van der Waals surface area contributed by atoms with Crippen LogP contribution in [0.2, 0.25) is 0 Å². The monoisotopic (exact) mass is 520 g/mol. The van der Waals surface area contributed by atoms with Crippen molar-refractivity contribution in [3.05, 3.63) is 72.2 Å². The third kappa shape index (κ3) is 5.75. The molecule has 1 aromatic heterocycles. The second-order valence-corrected chi connectivity index (χ2v) is 10.3. The molecule has 0 bridgehead atoms. The van der Waals surface area contributed by atoms with Gasteiger partial charge in [0.2, 0.25) is 5.91 Å². The van der Waals surface area contributed by atoms with E-state index in [0.717, 1.165) is 23.4 Å². The molecular weight excluding hydrogens is 484 g/mol. The number of benzene rings is 1. The number of ether oxygens (including phenoxy) is 2. The van der Waals surface area contributed by atoms with Crippen molar-refractivity contribution in [3.63, 3.8) is 0 Å². The van der Waals surface area contributed by atoms with Gasteiger partial charge in [-0.1, -0.05) is 18.2 Å². The summed E-state index contributed by atoms with van der Waals surface area (Å²) in [6.07, 6.45) is 9.23. The van der Waals surface area contributed by atoms with E-state index in [9.17, 15) is 14.4 Å². The lowest BCUT2D eigenvalue weighted by Crippen LogP contribution is -2.68. The number of rotatable bonds is 8. The minimum atomic E-state index is -0.806. The van der Waals surface area contributed by atoms with Gasteiger partial charge in [-0.3, -0.25) is 19.3 Å². The van der Waals surface area contributed by atoms with Crippen molar-refractivity contribution < 1.29 is 28.3 Å². The van der Waals surface area contributed by atoms with Crippen LogP contribution in [0.4, 0.5) is 0 Å². The van der Waals surface area contributed by atoms with Crippen LogP contribution in [-0.4, -0.2) is 54.0 Å². The molecule has 8 heteroatoms. The molecule has 8 nitrogen and oxygen atoms in total. The lowest BCUT2D eigenvalue weighted by atomic mass is 9.55. The summed E-state index contributed by atoms with van der Waals surface area (Å²) in [5.74, 6) is 0.255. The van der Waals surface area contributed by atoms with E-state index in [4.69, 9.17) is 13.9 Å². The van der Waals surface area contributed by atoms with Crippen molar-refractivity contribution in [3.8, 4) is 5.75 Å². The van der Waals surface area contributed by atoms with Crippen LogP contribution in [0, 0.1) is 6.92 Å². The fourth-order valence-electron chi connectivity index (χ4n) is 6.15. The summed E-state index contributed by atoms with van der Waals surface area (Å²) in [6.45, 7) is 10.6. The van der Waals surface area contributed by atoms with Gasteiger partial charge in [0.25, 0.3) is 0 Å². The molecule has 1 aliphatic carbocycles. The molecule has 2 fully saturated rings. The second-order valence-electron chi connectivity index (χ2n) is 10.3. The highest BCUT2D eigenvalue weighted by Gasteiger charge is 2.60. The van der Waals surface area contributed by atoms with Crippen LogP contribution in [0.3, 0.4) is 0 Å². The Bertz CT molecular complexity index is 1230. The van der Waals surface area contributed by atoms with E-state index >= 15 is 0 Å². The van der Waals surface area contributed by atoms with Gasteiger partial charge in [0.1, 0.15) is 17.1 Å². The van der Waals surface area contributed by atoms with Crippen LogP contribution >= 0.6 is 0 Å². The molecule has 1 N–H and O–H groups in total. The fourth-order valence-corrected chi connectivity index (χ4v) is 6.15. The third-order valence-corrected chi connectivity index (χ3v) is 7.73. The molecule has 2 heterocycles. The number of esters is 2. The Balaban J connectivity index is 1.68. The van der Waals surface area contributed by atoms with Crippen LogP contribution in [0.5, 0.6) is 5.75 Å². The SMILES string of the molecule is C=CCN1CC[C@@]2(c3cccc(OC(C)=O)c3)C[C@@H](NC(=O)C=Cc3ccoc3C)CC[C@]2(OC(C)=O)C1. The average molecular weight is 521 g/mol. The molecule has 38 heavy (non-hydrogen) atoms. The number of hydrogen-bond acceptors (Lipinski definition) is 7. The minimum Gasteiger partial charge on any atom is -0.469 e. The molecule has 1 aromatic carbocycles. The van der Waals surface area contributed by atoms with Gasteiger partial charge in [0, 0.05) is 50.0 Å². The number of fused-ring (bicyclic) bond motifs is 1. The predicted molar refractivity (Wildman–Crippen MR) is 143 cm³/mol. The zero-order valence-corrected chi connectivity index (χ0v) is 22.3. The van der Waals surface area contributed by atoms with E-state index < -0.39 is 17.0 Å². The topological polar surface area (TPSA) is 98.1 Å². The number of aryl methyl sites for hydroxylation is 1. The first-order valence-electron chi connectivity index (χ1n) is 13.0. The van der Waals surface area contributed by atoms with Crippen LogP contribution in [0.1, 0.15) is 56.4 Å². The van der Waals surface area contributed by atoms with E-state index in [1.807, 2.05) is 37.3 Å². The Kier molecular flexibility index (Phi) is 8.21. The van der Waals surface area contributed by atoms with Gasteiger partial charge in [-0.05, 0) is 69.0 Å². The molecule has 4 rings (SSSR count). The Morgan fingerprint density at radius 1 is 1.21 bits per heavy atom. The van der Waals surface area contributed by atoms with E-state index in [2.05, 4.69) is 16.8 Å². The lowest BCUT2D eigenvalue weighted by Gasteiger charge is -2.59. The Morgan fingerprint density at radius 2 is 2.03 bits per heavy atom. The predicted octanol–water partition coefficient (Wildman–Crippen LogP) is 4.33. The maximum Gasteiger partial charge on any atom is 0.308 e. The molecule has 0 unspecified atom stereocenters. The highest BCUT2D eigenvalue weighted by Crippen LogP contribution is 2.54. The number of nitrogens with zero attached hydrogens (tertiary/aromatic N) is 1. The number of carbonyl (C=O) groups is 3. The van der Waals surface area contributed by atoms with Crippen molar-refractivity contribution in [2.45, 2.75) is 63.5 Å². The van der Waals surface area contributed by atoms with Crippen LogP contribution in [0.25, 0.3) is 6.08 Å². The van der Waals surface area contributed by atoms with Gasteiger partial charge in [0.15, 0.2) is 0 Å². The summed E-state index contributed by atoms with van der Waals surface area (Å²) in [5.41, 5.74) is 0.387. The maximum absolute atomic E-state index is 12.9. The summed E-state index contributed by atoms with van der Waals surface area (Å²) in [7, 11) is 0. The number of furan rings is 1. The third-order valence-electron chi connectivity index (χ3n) is 7.73. The zero-order valence-electron chi connectivity index (χ0n) is 22.3. The first-order chi connectivity index (χ1) is 18.2. The van der Waals surface area contributed by atoms with E-state index in [-0.39, 0.29) is 17.9 Å². The highest BCUT2D eigenvalue weighted by atomic mass is 16.6. The van der Waals surface area contributed by atoms with E-state index in [1.165, 1.54) is 19.9 Å². The van der Waals surface area contributed by atoms with Crippen molar-refractivity contribution >= 4 is 23.9 Å². The number of hydrogen-bond donors (Lipinski definition) is 1. The number of amides is 1. The Labute approximate surface area is 223 Å². The molecule has 202 valence electrons. The van der Waals surface area contributed by atoms with Gasteiger partial charge in [-0.25, -0.2) is 0 Å². The van der Waals surface area contributed by atoms with Gasteiger partial charge < -0.3 is 19.2 Å². The average Bonchev–Trinajstić information content (AvgIpc) is 3.27. The second kappa shape index (κ2) is 11.4. The quantitative estimate of drug-likeness (QED) is 0.239. The summed E-state index contributed by atoms with van der Waals surface area (Å²) in [5, 5.41) is 3.17. The summed E-state index contributed by atoms with van der Waals surface area (Å²) < 4.78 is 17.0. The van der Waals surface area contributed by atoms with Gasteiger partial charge >= 0.3 is 11.9 Å². The molecule has 1 saturated carbocycles. The first-order valence-corrected chi connectivity index (χ1v) is 13.0. The van der Waals surface area contributed by atoms with E-state index in [0.29, 0.717) is 44.5 Å². The van der Waals surface area contributed by atoms with Gasteiger partial charge in [-0.15, -0.1) is 6.58 Å². The molecule has 1 amide bonds. The van der Waals surface area contributed by atoms with Crippen molar-refractivity contribution in [2.75, 3.05) is 19.6 Å². The number of piperidine rings is 1. The summed E-state index contributed by atoms with van der Waals surface area (Å²) in [6, 6.07) is 9.15. The molecule has 3 atom stereocenters. The lowest BCUT2D eigenvalue weighted by molar-refractivity contribution is -0.186. The summed E-state index contributed by atoms with van der Waals surface area (Å²) >= 11 is 0. The molecule has 0 spiro atoms.